The number of unbranched alkanes of at least 4 members (excludes halogenated alkanes) is 2. The van der Waals surface area contributed by atoms with Gasteiger partial charge >= 0.3 is 6.18 Å². The van der Waals surface area contributed by atoms with E-state index in [1.54, 1.807) is 0 Å². The van der Waals surface area contributed by atoms with Crippen LogP contribution in [0.4, 0.5) is 13.2 Å². The Bertz CT molecular complexity index is 388. The van der Waals surface area contributed by atoms with Gasteiger partial charge in [0.25, 0.3) is 0 Å². The molecule has 0 saturated carbocycles. The molecule has 0 aliphatic rings. The minimum absolute atomic E-state index is 0.111. The molecule has 0 heterocycles. The van der Waals surface area contributed by atoms with Crippen LogP contribution in [0.3, 0.4) is 0 Å². The van der Waals surface area contributed by atoms with Gasteiger partial charge in [-0.2, -0.15) is 13.2 Å². The quantitative estimate of drug-likeness (QED) is 0.427. The molecule has 1 aromatic carbocycles. The summed E-state index contributed by atoms with van der Waals surface area (Å²) in [5.41, 5.74) is -0.869. The van der Waals surface area contributed by atoms with Crippen molar-refractivity contribution in [2.75, 3.05) is 6.61 Å². The number of hydrogen-bond acceptors (Lipinski definition) is 2. The zero-order valence-corrected chi connectivity index (χ0v) is 10.1. The van der Waals surface area contributed by atoms with Gasteiger partial charge in [-0.25, -0.2) is 0 Å². The molecule has 2 nitrogen and oxygen atoms in total. The summed E-state index contributed by atoms with van der Waals surface area (Å²) in [5.74, 6) is 0. The molecule has 1 radical (unpaired) electrons. The topological polar surface area (TPSA) is 21.6 Å². The summed E-state index contributed by atoms with van der Waals surface area (Å²) in [6.45, 7) is 2.45. The van der Waals surface area contributed by atoms with Gasteiger partial charge in [-0.1, -0.05) is 43.1 Å². The molecule has 99 valence electrons. The molecule has 1 aromatic rings. The fourth-order valence-corrected chi connectivity index (χ4v) is 1.37. The summed E-state index contributed by atoms with van der Waals surface area (Å²) in [4.78, 5) is 4.85. The highest BCUT2D eigenvalue weighted by Crippen LogP contribution is 2.31. The Balaban J connectivity index is 2.59. The van der Waals surface area contributed by atoms with Gasteiger partial charge < -0.3 is 4.84 Å². The summed E-state index contributed by atoms with van der Waals surface area (Å²) < 4.78 is 37.8. The van der Waals surface area contributed by atoms with Gasteiger partial charge in [0.2, 0.25) is 0 Å². The lowest BCUT2D eigenvalue weighted by Crippen LogP contribution is -2.08. The largest absolute Gasteiger partial charge is 0.417 e. The molecular weight excluding hydrogens is 243 g/mol. The highest BCUT2D eigenvalue weighted by molar-refractivity contribution is 5.81. The van der Waals surface area contributed by atoms with E-state index >= 15 is 0 Å². The van der Waals surface area contributed by atoms with Crippen molar-refractivity contribution in [3.05, 3.63) is 35.4 Å². The maximum atomic E-state index is 12.6. The SMILES string of the molecule is CCCCCO/N=[C]/c1ccccc1C(F)(F)F. The smallest absolute Gasteiger partial charge is 0.395 e. The van der Waals surface area contributed by atoms with Crippen LogP contribution in [-0.2, 0) is 11.0 Å². The van der Waals surface area contributed by atoms with Crippen molar-refractivity contribution in [2.24, 2.45) is 5.16 Å². The monoisotopic (exact) mass is 258 g/mol. The normalized spacial score (nSPS) is 12.0. The summed E-state index contributed by atoms with van der Waals surface area (Å²) in [5, 5.41) is 3.44. The van der Waals surface area contributed by atoms with E-state index in [1.807, 2.05) is 0 Å². The Hall–Kier alpha value is -1.52. The molecule has 0 N–H and O–H groups in total. The zero-order chi connectivity index (χ0) is 13.4. The molecule has 0 atom stereocenters. The maximum Gasteiger partial charge on any atom is 0.417 e. The van der Waals surface area contributed by atoms with E-state index in [2.05, 4.69) is 18.3 Å². The van der Waals surface area contributed by atoms with Gasteiger partial charge in [0.05, 0.1) is 5.56 Å². The molecular formula is C13H15F3NO. The highest BCUT2D eigenvalue weighted by Gasteiger charge is 2.32. The van der Waals surface area contributed by atoms with Crippen molar-refractivity contribution in [1.29, 1.82) is 0 Å². The van der Waals surface area contributed by atoms with E-state index < -0.39 is 11.7 Å². The Morgan fingerprint density at radius 3 is 2.61 bits per heavy atom. The summed E-state index contributed by atoms with van der Waals surface area (Å²) >= 11 is 0. The maximum absolute atomic E-state index is 12.6. The number of alkyl halides is 3. The van der Waals surface area contributed by atoms with E-state index in [-0.39, 0.29) is 5.56 Å². The standard InChI is InChI=1S/C13H15F3NO/c1-2-3-6-9-18-17-10-11-7-4-5-8-12(11)13(14,15)16/h4-5,7-8H,2-3,6,9H2,1H3. The number of nitrogens with zero attached hydrogens (tertiary/aromatic N) is 1. The fourth-order valence-electron chi connectivity index (χ4n) is 1.37. The van der Waals surface area contributed by atoms with Gasteiger partial charge in [-0.15, -0.1) is 0 Å². The van der Waals surface area contributed by atoms with E-state index in [0.29, 0.717) is 6.61 Å². The molecule has 0 aliphatic carbocycles. The zero-order valence-electron chi connectivity index (χ0n) is 10.1. The molecule has 0 amide bonds. The van der Waals surface area contributed by atoms with Gasteiger partial charge in [-0.05, 0) is 12.5 Å². The Morgan fingerprint density at radius 2 is 1.94 bits per heavy atom. The van der Waals surface area contributed by atoms with Crippen LogP contribution >= 0.6 is 0 Å². The third kappa shape index (κ3) is 4.77. The van der Waals surface area contributed by atoms with Crippen LogP contribution in [0.25, 0.3) is 0 Å². The van der Waals surface area contributed by atoms with E-state index in [9.17, 15) is 13.2 Å². The van der Waals surface area contributed by atoms with Crippen LogP contribution in [0.1, 0.15) is 37.3 Å². The number of hydrogen-bond donors (Lipinski definition) is 0. The lowest BCUT2D eigenvalue weighted by Gasteiger charge is -2.08. The summed E-state index contributed by atoms with van der Waals surface area (Å²) in [6.07, 6.45) is 0.772. The first-order chi connectivity index (χ1) is 8.55. The van der Waals surface area contributed by atoms with Gasteiger partial charge in [-0.3, -0.25) is 0 Å². The molecule has 0 bridgehead atoms. The summed E-state index contributed by atoms with van der Waals surface area (Å²) in [7, 11) is 0. The molecule has 0 aromatic heterocycles. The van der Waals surface area contributed by atoms with Crippen LogP contribution in [0.2, 0.25) is 0 Å². The minimum Gasteiger partial charge on any atom is -0.395 e. The predicted octanol–water partition coefficient (Wildman–Crippen LogP) is 4.12. The first-order valence-electron chi connectivity index (χ1n) is 5.80. The molecule has 18 heavy (non-hydrogen) atoms. The Labute approximate surface area is 104 Å². The first-order valence-corrected chi connectivity index (χ1v) is 5.80. The van der Waals surface area contributed by atoms with Crippen molar-refractivity contribution in [3.8, 4) is 0 Å². The third-order valence-electron chi connectivity index (χ3n) is 2.30. The third-order valence-corrected chi connectivity index (χ3v) is 2.30. The second kappa shape index (κ2) is 7.03. The van der Waals surface area contributed by atoms with Gasteiger partial charge in [0.1, 0.15) is 12.8 Å². The lowest BCUT2D eigenvalue weighted by molar-refractivity contribution is -0.137. The molecule has 5 heteroatoms. The molecule has 0 aliphatic heterocycles. The number of halogens is 3. The average molecular weight is 258 g/mol. The van der Waals surface area contributed by atoms with Crippen molar-refractivity contribution in [1.82, 2.24) is 0 Å². The molecule has 0 fully saturated rings. The fraction of sp³-hybridized carbons (Fsp3) is 0.462. The van der Waals surface area contributed by atoms with E-state index in [4.69, 9.17) is 4.84 Å². The van der Waals surface area contributed by atoms with Crippen LogP contribution < -0.4 is 0 Å². The lowest BCUT2D eigenvalue weighted by atomic mass is 10.1. The van der Waals surface area contributed by atoms with Crippen molar-refractivity contribution >= 4 is 6.21 Å². The molecule has 0 spiro atoms. The van der Waals surface area contributed by atoms with Crippen LogP contribution in [-0.4, -0.2) is 12.8 Å². The van der Waals surface area contributed by atoms with Crippen molar-refractivity contribution in [2.45, 2.75) is 32.4 Å². The van der Waals surface area contributed by atoms with Crippen molar-refractivity contribution < 1.29 is 18.0 Å². The highest BCUT2D eigenvalue weighted by atomic mass is 19.4. The number of rotatable bonds is 6. The second-order valence-corrected chi connectivity index (χ2v) is 3.79. The van der Waals surface area contributed by atoms with Gasteiger partial charge in [0.15, 0.2) is 0 Å². The first kappa shape index (κ1) is 14.5. The van der Waals surface area contributed by atoms with Crippen LogP contribution in [0.15, 0.2) is 29.4 Å². The van der Waals surface area contributed by atoms with Crippen LogP contribution in [0.5, 0.6) is 0 Å². The summed E-state index contributed by atoms with van der Waals surface area (Å²) in [6, 6.07) is 5.14. The van der Waals surface area contributed by atoms with Crippen LogP contribution in [0, 0.1) is 0 Å². The van der Waals surface area contributed by atoms with E-state index in [0.717, 1.165) is 25.3 Å². The molecule has 0 saturated heterocycles. The van der Waals surface area contributed by atoms with Gasteiger partial charge in [0, 0.05) is 5.56 Å². The minimum atomic E-state index is -4.40. The Morgan fingerprint density at radius 1 is 1.22 bits per heavy atom. The molecule has 0 unspecified atom stereocenters. The number of benzene rings is 1. The second-order valence-electron chi connectivity index (χ2n) is 3.79. The predicted molar refractivity (Wildman–Crippen MR) is 63.5 cm³/mol. The van der Waals surface area contributed by atoms with E-state index in [1.165, 1.54) is 18.2 Å². The van der Waals surface area contributed by atoms with Crippen molar-refractivity contribution in [3.63, 3.8) is 0 Å². The Kier molecular flexibility index (Phi) is 5.68. The molecule has 1 rings (SSSR count). The average Bonchev–Trinajstić information content (AvgIpc) is 2.33.